The Morgan fingerprint density at radius 1 is 1.35 bits per heavy atom. The number of hydrogen-bond acceptors (Lipinski definition) is 3. The first kappa shape index (κ1) is 17.5. The summed E-state index contributed by atoms with van der Waals surface area (Å²) in [5.74, 6) is 0.936. The van der Waals surface area contributed by atoms with Gasteiger partial charge in [0.15, 0.2) is 0 Å². The molecule has 0 bridgehead atoms. The minimum absolute atomic E-state index is 0. The summed E-state index contributed by atoms with van der Waals surface area (Å²) < 4.78 is 0. The molecule has 1 amide bonds. The fraction of sp³-hybridized carbons (Fsp3) is 0.667. The van der Waals surface area contributed by atoms with E-state index in [9.17, 15) is 4.79 Å². The van der Waals surface area contributed by atoms with Crippen LogP contribution >= 0.6 is 23.7 Å². The van der Waals surface area contributed by atoms with Gasteiger partial charge in [-0.1, -0.05) is 6.92 Å². The molecule has 2 N–H and O–H groups in total. The highest BCUT2D eigenvalue weighted by Gasteiger charge is 2.14. The molecule has 114 valence electrons. The van der Waals surface area contributed by atoms with Crippen LogP contribution in [0, 0.1) is 5.92 Å². The van der Waals surface area contributed by atoms with Crippen LogP contribution in [0.4, 0.5) is 0 Å². The van der Waals surface area contributed by atoms with Crippen molar-refractivity contribution in [2.45, 2.75) is 45.6 Å². The summed E-state index contributed by atoms with van der Waals surface area (Å²) in [6.07, 6.45) is 5.24. The topological polar surface area (TPSA) is 41.1 Å². The number of carbonyl (C=O) groups excluding carboxylic acids is 1. The molecule has 0 aliphatic carbocycles. The molecule has 0 unspecified atom stereocenters. The summed E-state index contributed by atoms with van der Waals surface area (Å²) in [6.45, 7) is 5.07. The van der Waals surface area contributed by atoms with Crippen molar-refractivity contribution in [2.75, 3.05) is 13.1 Å². The Hall–Kier alpha value is -0.580. The largest absolute Gasteiger partial charge is 0.351 e. The van der Waals surface area contributed by atoms with E-state index in [1.54, 1.807) is 11.3 Å². The van der Waals surface area contributed by atoms with E-state index in [0.29, 0.717) is 13.0 Å². The van der Waals surface area contributed by atoms with Gasteiger partial charge >= 0.3 is 0 Å². The lowest BCUT2D eigenvalue weighted by Crippen LogP contribution is -2.29. The van der Waals surface area contributed by atoms with Crippen LogP contribution in [-0.2, 0) is 17.8 Å². The summed E-state index contributed by atoms with van der Waals surface area (Å²) in [6, 6.07) is 4.28. The minimum atomic E-state index is 0. The van der Waals surface area contributed by atoms with Gasteiger partial charge in [-0.05, 0) is 56.8 Å². The van der Waals surface area contributed by atoms with E-state index in [2.05, 4.69) is 29.7 Å². The molecule has 0 aromatic carbocycles. The fourth-order valence-corrected chi connectivity index (χ4v) is 3.38. The number of aryl methyl sites for hydroxylation is 1. The molecule has 5 heteroatoms. The quantitative estimate of drug-likeness (QED) is 0.846. The monoisotopic (exact) mass is 316 g/mol. The van der Waals surface area contributed by atoms with Gasteiger partial charge in [0.25, 0.3) is 0 Å². The van der Waals surface area contributed by atoms with E-state index in [1.165, 1.54) is 22.6 Å². The first-order chi connectivity index (χ1) is 9.28. The molecule has 3 nitrogen and oxygen atoms in total. The maximum absolute atomic E-state index is 11.8. The number of nitrogens with one attached hydrogen (secondary N) is 2. The molecule has 2 heterocycles. The standard InChI is InChI=1S/C15H24N2OS.ClH/c1-2-13-4-5-14(19-13)11-17-15(18)6-3-12-7-9-16-10-8-12;/h4-5,12,16H,2-3,6-11H2,1H3,(H,17,18);1H. The molecular weight excluding hydrogens is 292 g/mol. The molecule has 1 saturated heterocycles. The van der Waals surface area contributed by atoms with Crippen molar-refractivity contribution in [3.8, 4) is 0 Å². The average Bonchev–Trinajstić information content (AvgIpc) is 2.92. The first-order valence-electron chi connectivity index (χ1n) is 7.33. The van der Waals surface area contributed by atoms with Crippen LogP contribution in [0.3, 0.4) is 0 Å². The number of halogens is 1. The number of amides is 1. The van der Waals surface area contributed by atoms with Crippen LogP contribution in [0.25, 0.3) is 0 Å². The number of rotatable bonds is 6. The molecule has 20 heavy (non-hydrogen) atoms. The van der Waals surface area contributed by atoms with E-state index >= 15 is 0 Å². The van der Waals surface area contributed by atoms with E-state index in [-0.39, 0.29) is 18.3 Å². The zero-order chi connectivity index (χ0) is 13.5. The van der Waals surface area contributed by atoms with Gasteiger partial charge in [0.1, 0.15) is 0 Å². The zero-order valence-corrected chi connectivity index (χ0v) is 13.7. The van der Waals surface area contributed by atoms with E-state index in [1.807, 2.05) is 0 Å². The summed E-state index contributed by atoms with van der Waals surface area (Å²) >= 11 is 1.80. The number of hydrogen-bond donors (Lipinski definition) is 2. The number of piperidine rings is 1. The van der Waals surface area contributed by atoms with Crippen molar-refractivity contribution in [3.05, 3.63) is 21.9 Å². The van der Waals surface area contributed by atoms with Crippen molar-refractivity contribution < 1.29 is 4.79 Å². The van der Waals surface area contributed by atoms with Gasteiger partial charge in [-0.3, -0.25) is 4.79 Å². The highest BCUT2D eigenvalue weighted by Crippen LogP contribution is 2.18. The zero-order valence-electron chi connectivity index (χ0n) is 12.1. The molecule has 1 aromatic heterocycles. The van der Waals surface area contributed by atoms with Gasteiger partial charge in [0.2, 0.25) is 5.91 Å². The number of thiophene rings is 1. The van der Waals surface area contributed by atoms with Crippen LogP contribution in [0.1, 0.15) is 42.4 Å². The fourth-order valence-electron chi connectivity index (χ4n) is 2.49. The maximum atomic E-state index is 11.8. The molecule has 1 aliphatic rings. The van der Waals surface area contributed by atoms with Crippen LogP contribution in [0.15, 0.2) is 12.1 Å². The van der Waals surface area contributed by atoms with E-state index < -0.39 is 0 Å². The minimum Gasteiger partial charge on any atom is -0.351 e. The maximum Gasteiger partial charge on any atom is 0.220 e. The highest BCUT2D eigenvalue weighted by molar-refractivity contribution is 7.11. The SMILES string of the molecule is CCc1ccc(CNC(=O)CCC2CCNCC2)s1.Cl. The Labute approximate surface area is 131 Å². The Balaban J connectivity index is 0.00000200. The normalized spacial score (nSPS) is 15.7. The smallest absolute Gasteiger partial charge is 0.220 e. The van der Waals surface area contributed by atoms with Crippen molar-refractivity contribution in [2.24, 2.45) is 5.92 Å². The molecule has 0 saturated carbocycles. The molecule has 0 atom stereocenters. The third-order valence-corrected chi connectivity index (χ3v) is 4.99. The Kier molecular flexibility index (Phi) is 8.19. The third kappa shape index (κ3) is 5.81. The van der Waals surface area contributed by atoms with Crippen molar-refractivity contribution in [1.82, 2.24) is 10.6 Å². The molecular formula is C15H25ClN2OS. The van der Waals surface area contributed by atoms with Gasteiger partial charge in [-0.15, -0.1) is 23.7 Å². The second-order valence-corrected chi connectivity index (χ2v) is 6.48. The van der Waals surface area contributed by atoms with Crippen LogP contribution in [-0.4, -0.2) is 19.0 Å². The average molecular weight is 317 g/mol. The molecule has 1 fully saturated rings. The molecule has 0 radical (unpaired) electrons. The number of carbonyl (C=O) groups is 1. The summed E-state index contributed by atoms with van der Waals surface area (Å²) in [5.41, 5.74) is 0. The lowest BCUT2D eigenvalue weighted by atomic mass is 9.93. The van der Waals surface area contributed by atoms with Gasteiger partial charge < -0.3 is 10.6 Å². The van der Waals surface area contributed by atoms with Gasteiger partial charge in [0.05, 0.1) is 6.54 Å². The van der Waals surface area contributed by atoms with Crippen LogP contribution in [0.2, 0.25) is 0 Å². The van der Waals surface area contributed by atoms with Crippen molar-refractivity contribution >= 4 is 29.7 Å². The molecule has 2 rings (SSSR count). The van der Waals surface area contributed by atoms with Gasteiger partial charge in [-0.2, -0.15) is 0 Å². The second kappa shape index (κ2) is 9.37. The second-order valence-electron chi connectivity index (χ2n) is 5.23. The Morgan fingerprint density at radius 2 is 2.05 bits per heavy atom. The molecule has 0 spiro atoms. The Morgan fingerprint density at radius 3 is 2.70 bits per heavy atom. The summed E-state index contributed by atoms with van der Waals surface area (Å²) in [4.78, 5) is 14.5. The molecule has 1 aromatic rings. The molecule has 1 aliphatic heterocycles. The van der Waals surface area contributed by atoms with Crippen LogP contribution in [0.5, 0.6) is 0 Å². The summed E-state index contributed by atoms with van der Waals surface area (Å²) in [7, 11) is 0. The Bertz CT molecular complexity index is 402. The van der Waals surface area contributed by atoms with Crippen LogP contribution < -0.4 is 10.6 Å². The van der Waals surface area contributed by atoms with Crippen molar-refractivity contribution in [1.29, 1.82) is 0 Å². The predicted molar refractivity (Wildman–Crippen MR) is 87.6 cm³/mol. The van der Waals surface area contributed by atoms with Crippen molar-refractivity contribution in [3.63, 3.8) is 0 Å². The van der Waals surface area contributed by atoms with Gasteiger partial charge in [0, 0.05) is 16.2 Å². The predicted octanol–water partition coefficient (Wildman–Crippen LogP) is 3.13. The van der Waals surface area contributed by atoms with E-state index in [4.69, 9.17) is 0 Å². The lowest BCUT2D eigenvalue weighted by Gasteiger charge is -2.22. The highest BCUT2D eigenvalue weighted by atomic mass is 35.5. The first-order valence-corrected chi connectivity index (χ1v) is 8.14. The third-order valence-electron chi connectivity index (χ3n) is 3.76. The summed E-state index contributed by atoms with van der Waals surface area (Å²) in [5, 5.41) is 6.39. The lowest BCUT2D eigenvalue weighted by molar-refractivity contribution is -0.121. The van der Waals surface area contributed by atoms with E-state index in [0.717, 1.165) is 31.8 Å². The van der Waals surface area contributed by atoms with Gasteiger partial charge in [-0.25, -0.2) is 0 Å².